The van der Waals surface area contributed by atoms with Crippen LogP contribution in [-0.2, 0) is 24.7 Å². The van der Waals surface area contributed by atoms with Gasteiger partial charge in [-0.2, -0.15) is 0 Å². The smallest absolute Gasteiger partial charge is 0.321 e. The van der Waals surface area contributed by atoms with Crippen molar-refractivity contribution in [3.63, 3.8) is 0 Å². The maximum atomic E-state index is 11.5. The van der Waals surface area contributed by atoms with Gasteiger partial charge in [-0.25, -0.2) is 21.6 Å². The highest BCUT2D eigenvalue weighted by Crippen LogP contribution is 2.03. The fourth-order valence-corrected chi connectivity index (χ4v) is 4.04. The first kappa shape index (κ1) is 17.3. The maximum Gasteiger partial charge on any atom is 0.321 e. The number of carboxylic acids is 1. The molecule has 0 fully saturated rings. The Bertz CT molecular complexity index is 467. The van der Waals surface area contributed by atoms with Gasteiger partial charge in [0.25, 0.3) is 0 Å². The number of unbranched alkanes of at least 4 members (excludes halogenated alkanes) is 1. The molecule has 7 nitrogen and oxygen atoms in total. The first-order valence-electron chi connectivity index (χ1n) is 5.48. The summed E-state index contributed by atoms with van der Waals surface area (Å²) in [5.74, 6) is -2.41. The fourth-order valence-electron chi connectivity index (χ4n) is 1.18. The van der Waals surface area contributed by atoms with Gasteiger partial charge in [0, 0.05) is 6.26 Å². The quantitative estimate of drug-likeness (QED) is 0.598. The van der Waals surface area contributed by atoms with Crippen molar-refractivity contribution in [3.05, 3.63) is 0 Å². The molecule has 1 unspecified atom stereocenters. The molecule has 0 aromatic heterocycles. The molecule has 2 N–H and O–H groups in total. The van der Waals surface area contributed by atoms with Crippen molar-refractivity contribution < 1.29 is 26.7 Å². The zero-order chi connectivity index (χ0) is 14.4. The van der Waals surface area contributed by atoms with Crippen molar-refractivity contribution >= 4 is 25.8 Å². The van der Waals surface area contributed by atoms with E-state index in [1.54, 1.807) is 0 Å². The minimum absolute atomic E-state index is 0.184. The second-order valence-electron chi connectivity index (χ2n) is 4.10. The highest BCUT2D eigenvalue weighted by Gasteiger charge is 2.24. The average Bonchev–Trinajstić information content (AvgIpc) is 2.20. The second-order valence-corrected chi connectivity index (χ2v) is 8.23. The van der Waals surface area contributed by atoms with E-state index in [1.165, 1.54) is 0 Å². The molecule has 0 radical (unpaired) electrons. The SMILES string of the molecule is CCCCC(NS(=O)(=O)CCS(C)(=O)=O)C(=O)O. The summed E-state index contributed by atoms with van der Waals surface area (Å²) < 4.78 is 46.8. The molecule has 108 valence electrons. The molecule has 0 rings (SSSR count). The van der Waals surface area contributed by atoms with Gasteiger partial charge in [-0.15, -0.1) is 0 Å². The highest BCUT2D eigenvalue weighted by molar-refractivity contribution is 7.93. The second kappa shape index (κ2) is 7.05. The van der Waals surface area contributed by atoms with Crippen LogP contribution < -0.4 is 4.72 Å². The molecule has 0 saturated heterocycles. The summed E-state index contributed by atoms with van der Waals surface area (Å²) in [4.78, 5) is 10.8. The van der Waals surface area contributed by atoms with Gasteiger partial charge in [0.05, 0.1) is 11.5 Å². The molecule has 0 aromatic rings. The van der Waals surface area contributed by atoms with Gasteiger partial charge >= 0.3 is 5.97 Å². The Balaban J connectivity index is 4.56. The van der Waals surface area contributed by atoms with Crippen LogP contribution in [0.25, 0.3) is 0 Å². The standard InChI is InChI=1S/C9H19NO6S2/c1-3-4-5-8(9(11)12)10-18(15,16)7-6-17(2,13)14/h8,10H,3-7H2,1-2H3,(H,11,12). The predicted molar refractivity (Wildman–Crippen MR) is 67.6 cm³/mol. The van der Waals surface area contributed by atoms with Gasteiger partial charge in [0.15, 0.2) is 0 Å². The minimum Gasteiger partial charge on any atom is -0.480 e. The lowest BCUT2D eigenvalue weighted by Gasteiger charge is -2.14. The van der Waals surface area contributed by atoms with Crippen molar-refractivity contribution in [2.45, 2.75) is 32.2 Å². The van der Waals surface area contributed by atoms with Crippen molar-refractivity contribution in [2.75, 3.05) is 17.8 Å². The summed E-state index contributed by atoms with van der Waals surface area (Å²) in [6.45, 7) is 1.86. The van der Waals surface area contributed by atoms with Crippen LogP contribution in [0.15, 0.2) is 0 Å². The van der Waals surface area contributed by atoms with Gasteiger partial charge < -0.3 is 5.11 Å². The number of aliphatic carboxylic acids is 1. The minimum atomic E-state index is -3.90. The molecule has 0 aliphatic heterocycles. The van der Waals surface area contributed by atoms with E-state index < -0.39 is 43.4 Å². The molecule has 0 aromatic carbocycles. The van der Waals surface area contributed by atoms with Crippen molar-refractivity contribution in [1.29, 1.82) is 0 Å². The van der Waals surface area contributed by atoms with E-state index in [0.29, 0.717) is 6.42 Å². The number of nitrogens with one attached hydrogen (secondary N) is 1. The third-order valence-electron chi connectivity index (χ3n) is 2.19. The Hall–Kier alpha value is -0.670. The van der Waals surface area contributed by atoms with Crippen LogP contribution in [0.5, 0.6) is 0 Å². The molecule has 0 aliphatic rings. The molecule has 9 heteroatoms. The molecule has 0 saturated carbocycles. The van der Waals surface area contributed by atoms with Gasteiger partial charge in [-0.05, 0) is 6.42 Å². The van der Waals surface area contributed by atoms with Crippen molar-refractivity contribution in [2.24, 2.45) is 0 Å². The zero-order valence-corrected chi connectivity index (χ0v) is 12.1. The van der Waals surface area contributed by atoms with Crippen molar-refractivity contribution in [1.82, 2.24) is 4.72 Å². The number of hydrogen-bond donors (Lipinski definition) is 2. The first-order chi connectivity index (χ1) is 8.07. The summed E-state index contributed by atoms with van der Waals surface area (Å²) in [6.07, 6.45) is 2.43. The molecule has 18 heavy (non-hydrogen) atoms. The van der Waals surface area contributed by atoms with Gasteiger partial charge in [0.1, 0.15) is 15.9 Å². The molecule has 1 atom stereocenters. The van der Waals surface area contributed by atoms with Crippen LogP contribution in [0.2, 0.25) is 0 Å². The Morgan fingerprint density at radius 2 is 1.78 bits per heavy atom. The van der Waals surface area contributed by atoms with Crippen LogP contribution in [-0.4, -0.2) is 51.7 Å². The number of sulfonamides is 1. The summed E-state index contributed by atoms with van der Waals surface area (Å²) in [5, 5.41) is 8.85. The summed E-state index contributed by atoms with van der Waals surface area (Å²) >= 11 is 0. The third kappa shape index (κ3) is 8.43. The normalized spacial score (nSPS) is 14.3. The largest absolute Gasteiger partial charge is 0.480 e. The number of hydrogen-bond acceptors (Lipinski definition) is 5. The topological polar surface area (TPSA) is 118 Å². The van der Waals surface area contributed by atoms with Crippen LogP contribution in [0.3, 0.4) is 0 Å². The first-order valence-corrected chi connectivity index (χ1v) is 9.19. The van der Waals surface area contributed by atoms with Crippen LogP contribution in [0.1, 0.15) is 26.2 Å². The maximum absolute atomic E-state index is 11.5. The number of sulfone groups is 1. The number of rotatable bonds is 9. The summed E-state index contributed by atoms with van der Waals surface area (Å²) in [5.41, 5.74) is 0. The molecular weight excluding hydrogens is 282 g/mol. The van der Waals surface area contributed by atoms with Crippen LogP contribution >= 0.6 is 0 Å². The number of carboxylic acid groups (broad SMARTS) is 1. The molecule has 0 spiro atoms. The predicted octanol–water partition coefficient (Wildman–Crippen LogP) is -0.406. The van der Waals surface area contributed by atoms with Crippen LogP contribution in [0.4, 0.5) is 0 Å². The average molecular weight is 301 g/mol. The summed E-state index contributed by atoms with van der Waals surface area (Å²) in [7, 11) is -7.30. The Labute approximate surface area is 108 Å². The van der Waals surface area contributed by atoms with E-state index in [2.05, 4.69) is 0 Å². The highest BCUT2D eigenvalue weighted by atomic mass is 32.2. The van der Waals surface area contributed by atoms with E-state index in [1.807, 2.05) is 11.6 Å². The lowest BCUT2D eigenvalue weighted by molar-refractivity contribution is -0.139. The lowest BCUT2D eigenvalue weighted by atomic mass is 10.1. The Morgan fingerprint density at radius 3 is 2.17 bits per heavy atom. The van der Waals surface area contributed by atoms with E-state index in [9.17, 15) is 21.6 Å². The van der Waals surface area contributed by atoms with Crippen molar-refractivity contribution in [3.8, 4) is 0 Å². The van der Waals surface area contributed by atoms with Gasteiger partial charge in [-0.1, -0.05) is 19.8 Å². The number of carbonyl (C=O) groups is 1. The zero-order valence-electron chi connectivity index (χ0n) is 10.4. The third-order valence-corrected chi connectivity index (χ3v) is 4.78. The summed E-state index contributed by atoms with van der Waals surface area (Å²) in [6, 6.07) is -1.20. The molecule has 0 heterocycles. The molecular formula is C9H19NO6S2. The Morgan fingerprint density at radius 1 is 1.22 bits per heavy atom. The lowest BCUT2D eigenvalue weighted by Crippen LogP contribution is -2.42. The molecule has 0 bridgehead atoms. The van der Waals surface area contributed by atoms with E-state index in [0.717, 1.165) is 12.7 Å². The molecule has 0 amide bonds. The van der Waals surface area contributed by atoms with E-state index >= 15 is 0 Å². The monoisotopic (exact) mass is 301 g/mol. The van der Waals surface area contributed by atoms with Gasteiger partial charge in [0.2, 0.25) is 10.0 Å². The van der Waals surface area contributed by atoms with E-state index in [-0.39, 0.29) is 6.42 Å². The molecule has 0 aliphatic carbocycles. The fraction of sp³-hybridized carbons (Fsp3) is 0.889. The van der Waals surface area contributed by atoms with Gasteiger partial charge in [-0.3, -0.25) is 4.79 Å². The van der Waals surface area contributed by atoms with E-state index in [4.69, 9.17) is 5.11 Å². The van der Waals surface area contributed by atoms with Crippen LogP contribution in [0, 0.1) is 0 Å². The Kier molecular flexibility index (Phi) is 6.79.